The fraction of sp³-hybridized carbons (Fsp3) is 0.348. The quantitative estimate of drug-likeness (QED) is 0.315. The number of nitrogens with zero attached hydrogens (tertiary/aromatic N) is 5. The van der Waals surface area contributed by atoms with Gasteiger partial charge in [-0.15, -0.1) is 0 Å². The van der Waals surface area contributed by atoms with E-state index >= 15 is 0 Å². The number of hydrogen-bond donors (Lipinski definition) is 3. The Morgan fingerprint density at radius 1 is 1.19 bits per heavy atom. The number of aryl methyl sites for hydroxylation is 1. The zero-order valence-electron chi connectivity index (χ0n) is 20.7. The minimum Gasteiger partial charge on any atom is -0.480 e. The van der Waals surface area contributed by atoms with Crippen molar-refractivity contribution in [3.05, 3.63) is 54.7 Å². The van der Waals surface area contributed by atoms with Crippen LogP contribution in [0.25, 0.3) is 0 Å². The summed E-state index contributed by atoms with van der Waals surface area (Å²) in [4.78, 5) is 32.8. The standard InChI is InChI=1S/C23H29N7O6S/c1-4-5-10-30-14-18(12-26-30)37(34,35)28-20-13-24-15-25-21(20)27-19(22(31)32)11-16-6-8-17(9-7-16)36-23(33)29(2)3/h6-9,12-15,19,28H,4-5,10-11H2,1-3H3,(H,31,32)(H,24,25,27)/t19-/m0/s1. The molecule has 0 aliphatic carbocycles. The molecule has 0 spiro atoms. The highest BCUT2D eigenvalue weighted by Crippen LogP contribution is 2.23. The Hall–Kier alpha value is -4.20. The number of nitrogens with one attached hydrogen (secondary N) is 2. The summed E-state index contributed by atoms with van der Waals surface area (Å²) in [7, 11) is -0.907. The highest BCUT2D eigenvalue weighted by atomic mass is 32.2. The molecule has 37 heavy (non-hydrogen) atoms. The predicted octanol–water partition coefficient (Wildman–Crippen LogP) is 2.44. The van der Waals surface area contributed by atoms with Gasteiger partial charge in [0.05, 0.1) is 12.4 Å². The van der Waals surface area contributed by atoms with Crippen LogP contribution in [-0.4, -0.2) is 70.4 Å². The van der Waals surface area contributed by atoms with Crippen LogP contribution in [0.2, 0.25) is 0 Å². The average molecular weight is 532 g/mol. The number of aromatic nitrogens is 4. The van der Waals surface area contributed by atoms with Crippen LogP contribution in [0.4, 0.5) is 16.3 Å². The molecule has 0 aliphatic heterocycles. The van der Waals surface area contributed by atoms with Gasteiger partial charge in [0.25, 0.3) is 10.0 Å². The molecule has 198 valence electrons. The Morgan fingerprint density at radius 3 is 2.57 bits per heavy atom. The highest BCUT2D eigenvalue weighted by Gasteiger charge is 2.23. The van der Waals surface area contributed by atoms with E-state index in [9.17, 15) is 23.1 Å². The smallest absolute Gasteiger partial charge is 0.414 e. The molecule has 1 aromatic carbocycles. The SMILES string of the molecule is CCCCn1cc(S(=O)(=O)Nc2cncnc2N[C@@H](Cc2ccc(OC(=O)N(C)C)cc2)C(=O)O)cn1. The second-order valence-electron chi connectivity index (χ2n) is 8.33. The Bertz CT molecular complexity index is 1330. The fourth-order valence-electron chi connectivity index (χ4n) is 3.14. The van der Waals surface area contributed by atoms with Gasteiger partial charge in [-0.3, -0.25) is 9.40 Å². The van der Waals surface area contributed by atoms with Crippen molar-refractivity contribution in [2.24, 2.45) is 0 Å². The maximum Gasteiger partial charge on any atom is 0.414 e. The van der Waals surface area contributed by atoms with Crippen molar-refractivity contribution in [2.75, 3.05) is 24.1 Å². The minimum atomic E-state index is -4.02. The largest absolute Gasteiger partial charge is 0.480 e. The molecule has 0 fully saturated rings. The molecule has 2 heterocycles. The Labute approximate surface area is 214 Å². The normalized spacial score (nSPS) is 12.0. The molecule has 14 heteroatoms. The van der Waals surface area contributed by atoms with E-state index in [0.717, 1.165) is 12.8 Å². The number of aliphatic carboxylic acids is 1. The van der Waals surface area contributed by atoms with E-state index in [1.165, 1.54) is 29.8 Å². The third-order valence-electron chi connectivity index (χ3n) is 5.16. The van der Waals surface area contributed by atoms with Gasteiger partial charge in [-0.05, 0) is 24.1 Å². The van der Waals surface area contributed by atoms with E-state index in [4.69, 9.17) is 4.74 Å². The molecule has 0 saturated carbocycles. The van der Waals surface area contributed by atoms with E-state index in [1.54, 1.807) is 43.0 Å². The first kappa shape index (κ1) is 27.4. The molecular weight excluding hydrogens is 502 g/mol. The van der Waals surface area contributed by atoms with Crippen molar-refractivity contribution in [3.8, 4) is 5.75 Å². The van der Waals surface area contributed by atoms with Crippen LogP contribution in [0.3, 0.4) is 0 Å². The number of ether oxygens (including phenoxy) is 1. The molecule has 3 rings (SSSR count). The lowest BCUT2D eigenvalue weighted by Gasteiger charge is -2.18. The molecule has 0 radical (unpaired) electrons. The van der Waals surface area contributed by atoms with E-state index in [0.29, 0.717) is 17.9 Å². The number of carbonyl (C=O) groups is 2. The molecule has 1 atom stereocenters. The Morgan fingerprint density at radius 2 is 1.92 bits per heavy atom. The maximum absolute atomic E-state index is 12.9. The summed E-state index contributed by atoms with van der Waals surface area (Å²) in [5.41, 5.74) is 0.626. The molecule has 0 unspecified atom stereocenters. The van der Waals surface area contributed by atoms with Crippen LogP contribution in [0.1, 0.15) is 25.3 Å². The number of anilines is 2. The summed E-state index contributed by atoms with van der Waals surface area (Å²) in [6, 6.07) is 5.23. The molecule has 0 aliphatic rings. The number of carbonyl (C=O) groups excluding carboxylic acids is 1. The van der Waals surface area contributed by atoms with Crippen molar-refractivity contribution in [3.63, 3.8) is 0 Å². The molecule has 3 aromatic rings. The summed E-state index contributed by atoms with van der Waals surface area (Å²) in [5, 5.41) is 16.6. The minimum absolute atomic E-state index is 0.000818. The van der Waals surface area contributed by atoms with Crippen LogP contribution in [0, 0.1) is 0 Å². The van der Waals surface area contributed by atoms with Gasteiger partial charge in [0, 0.05) is 33.3 Å². The summed E-state index contributed by atoms with van der Waals surface area (Å²) in [6.45, 7) is 2.61. The monoisotopic (exact) mass is 531 g/mol. The number of unbranched alkanes of at least 4 members (excludes halogenated alkanes) is 1. The number of hydrogen-bond acceptors (Lipinski definition) is 9. The van der Waals surface area contributed by atoms with Crippen molar-refractivity contribution in [1.29, 1.82) is 0 Å². The third-order valence-corrected chi connectivity index (χ3v) is 6.48. The third kappa shape index (κ3) is 7.64. The summed E-state index contributed by atoms with van der Waals surface area (Å²) < 4.78 is 34.9. The number of carboxylic acid groups (broad SMARTS) is 1. The van der Waals surface area contributed by atoms with E-state index in [2.05, 4.69) is 25.1 Å². The lowest BCUT2D eigenvalue weighted by Crippen LogP contribution is -2.32. The van der Waals surface area contributed by atoms with Gasteiger partial charge in [0.15, 0.2) is 5.82 Å². The number of amides is 1. The lowest BCUT2D eigenvalue weighted by atomic mass is 10.1. The van der Waals surface area contributed by atoms with Gasteiger partial charge >= 0.3 is 12.1 Å². The average Bonchev–Trinajstić information content (AvgIpc) is 3.34. The van der Waals surface area contributed by atoms with Crippen molar-refractivity contribution in [1.82, 2.24) is 24.6 Å². The van der Waals surface area contributed by atoms with Crippen LogP contribution in [0.15, 0.2) is 54.1 Å². The van der Waals surface area contributed by atoms with Crippen LogP contribution in [0.5, 0.6) is 5.75 Å². The van der Waals surface area contributed by atoms with E-state index in [-0.39, 0.29) is 22.8 Å². The van der Waals surface area contributed by atoms with Crippen LogP contribution < -0.4 is 14.8 Å². The summed E-state index contributed by atoms with van der Waals surface area (Å²) in [5.74, 6) is -0.860. The highest BCUT2D eigenvalue weighted by molar-refractivity contribution is 7.92. The lowest BCUT2D eigenvalue weighted by molar-refractivity contribution is -0.137. The first-order chi connectivity index (χ1) is 17.6. The first-order valence-corrected chi connectivity index (χ1v) is 12.9. The molecular formula is C23H29N7O6S. The summed E-state index contributed by atoms with van der Waals surface area (Å²) >= 11 is 0. The molecule has 0 bridgehead atoms. The number of sulfonamides is 1. The van der Waals surface area contributed by atoms with Gasteiger partial charge < -0.3 is 20.1 Å². The first-order valence-electron chi connectivity index (χ1n) is 11.4. The molecule has 3 N–H and O–H groups in total. The van der Waals surface area contributed by atoms with Gasteiger partial charge in [0.2, 0.25) is 0 Å². The summed E-state index contributed by atoms with van der Waals surface area (Å²) in [6.07, 6.45) is 6.38. The number of carboxylic acids is 1. The Kier molecular flexibility index (Phi) is 9.00. The van der Waals surface area contributed by atoms with Gasteiger partial charge in [-0.2, -0.15) is 5.10 Å². The molecule has 0 saturated heterocycles. The zero-order valence-corrected chi connectivity index (χ0v) is 21.5. The van der Waals surface area contributed by atoms with Crippen LogP contribution >= 0.6 is 0 Å². The van der Waals surface area contributed by atoms with Crippen molar-refractivity contribution in [2.45, 2.75) is 43.7 Å². The predicted molar refractivity (Wildman–Crippen MR) is 135 cm³/mol. The maximum atomic E-state index is 12.9. The molecule has 1 amide bonds. The van der Waals surface area contributed by atoms with Crippen LogP contribution in [-0.2, 0) is 27.8 Å². The Balaban J connectivity index is 1.73. The van der Waals surface area contributed by atoms with Gasteiger partial charge in [-0.1, -0.05) is 25.5 Å². The van der Waals surface area contributed by atoms with Gasteiger partial charge in [-0.25, -0.2) is 28.0 Å². The molecule has 2 aromatic heterocycles. The second kappa shape index (κ2) is 12.2. The molecule has 13 nitrogen and oxygen atoms in total. The zero-order chi connectivity index (χ0) is 27.0. The van der Waals surface area contributed by atoms with Crippen molar-refractivity contribution < 1.29 is 27.9 Å². The van der Waals surface area contributed by atoms with Crippen molar-refractivity contribution >= 4 is 33.6 Å². The fourth-order valence-corrected chi connectivity index (χ4v) is 4.14. The van der Waals surface area contributed by atoms with E-state index < -0.39 is 28.1 Å². The number of rotatable bonds is 12. The number of benzene rings is 1. The second-order valence-corrected chi connectivity index (χ2v) is 10.0. The topological polar surface area (TPSA) is 169 Å². The van der Waals surface area contributed by atoms with E-state index in [1.807, 2.05) is 6.92 Å². The van der Waals surface area contributed by atoms with Gasteiger partial charge in [0.1, 0.15) is 28.7 Å².